The molecule has 29 heavy (non-hydrogen) atoms. The number of nitrogens with zero attached hydrogens (tertiary/aromatic N) is 5. The summed E-state index contributed by atoms with van der Waals surface area (Å²) in [5.41, 5.74) is 2.65. The second-order valence-electron chi connectivity index (χ2n) is 6.95. The highest BCUT2D eigenvalue weighted by Crippen LogP contribution is 2.37. The van der Waals surface area contributed by atoms with Crippen LogP contribution < -0.4 is 5.32 Å². The summed E-state index contributed by atoms with van der Waals surface area (Å²) in [7, 11) is 0. The Balaban J connectivity index is 1.58. The minimum absolute atomic E-state index is 0.142. The quantitative estimate of drug-likeness (QED) is 0.625. The zero-order valence-corrected chi connectivity index (χ0v) is 16.8. The number of aromatic nitrogens is 4. The van der Waals surface area contributed by atoms with Gasteiger partial charge in [-0.2, -0.15) is 5.26 Å². The highest BCUT2D eigenvalue weighted by molar-refractivity contribution is 7.99. The van der Waals surface area contributed by atoms with Crippen LogP contribution in [0.4, 0.5) is 10.2 Å². The van der Waals surface area contributed by atoms with Gasteiger partial charge in [-0.05, 0) is 56.5 Å². The van der Waals surface area contributed by atoms with E-state index in [0.29, 0.717) is 28.3 Å². The number of hydrogen-bond acceptors (Lipinski definition) is 5. The predicted molar refractivity (Wildman–Crippen MR) is 108 cm³/mol. The number of benzene rings is 1. The molecule has 0 bridgehead atoms. The molecule has 2 aromatic heterocycles. The van der Waals surface area contributed by atoms with Crippen molar-refractivity contribution in [2.45, 2.75) is 37.9 Å². The molecule has 1 aromatic carbocycles. The monoisotopic (exact) mass is 410 g/mol. The second kappa shape index (κ2) is 7.72. The maximum atomic E-state index is 13.3. The normalized spacial score (nSPS) is 13.3. The first-order valence-corrected chi connectivity index (χ1v) is 10.2. The lowest BCUT2D eigenvalue weighted by molar-refractivity contribution is -0.113. The number of amides is 1. The number of thioether (sulfide) groups is 1. The number of carbonyl (C=O) groups excluding carboxylic acids is 1. The van der Waals surface area contributed by atoms with Gasteiger partial charge in [-0.25, -0.2) is 4.39 Å². The van der Waals surface area contributed by atoms with Crippen LogP contribution in [0.15, 0.2) is 35.7 Å². The van der Waals surface area contributed by atoms with Crippen molar-refractivity contribution in [2.24, 2.45) is 0 Å². The lowest BCUT2D eigenvalue weighted by Crippen LogP contribution is -2.18. The van der Waals surface area contributed by atoms with Crippen LogP contribution in [-0.4, -0.2) is 31.0 Å². The lowest BCUT2D eigenvalue weighted by atomic mass is 10.2. The number of rotatable bonds is 6. The van der Waals surface area contributed by atoms with Gasteiger partial charge in [0.15, 0.2) is 5.16 Å². The van der Waals surface area contributed by atoms with Gasteiger partial charge in [-0.1, -0.05) is 11.8 Å². The summed E-state index contributed by atoms with van der Waals surface area (Å²) in [5, 5.41) is 21.2. The Hall–Kier alpha value is -3.12. The van der Waals surface area contributed by atoms with E-state index in [1.165, 1.54) is 23.9 Å². The molecule has 0 radical (unpaired) electrons. The van der Waals surface area contributed by atoms with E-state index in [9.17, 15) is 14.4 Å². The number of nitriles is 1. The standard InChI is InChI=1S/C20H19FN6OS/c1-12-13(2)27(16-5-3-14(21)4-6-16)19(17(12)9-22)24-18(28)10-29-20-25-23-11-26(20)15-7-8-15/h3-6,11,15H,7-8,10H2,1-2H3,(H,24,28). The summed E-state index contributed by atoms with van der Waals surface area (Å²) in [4.78, 5) is 12.7. The first-order valence-electron chi connectivity index (χ1n) is 9.19. The number of hydrogen-bond donors (Lipinski definition) is 1. The first-order chi connectivity index (χ1) is 14.0. The van der Waals surface area contributed by atoms with Gasteiger partial charge in [0.05, 0.1) is 11.3 Å². The molecule has 4 rings (SSSR count). The van der Waals surface area contributed by atoms with Crippen LogP contribution in [0.25, 0.3) is 5.69 Å². The van der Waals surface area contributed by atoms with Gasteiger partial charge in [0.25, 0.3) is 0 Å². The fraction of sp³-hybridized carbons (Fsp3) is 0.300. The van der Waals surface area contributed by atoms with Crippen molar-refractivity contribution in [3.63, 3.8) is 0 Å². The summed E-state index contributed by atoms with van der Waals surface area (Å²) in [6, 6.07) is 8.53. The number of halogens is 1. The fourth-order valence-corrected chi connectivity index (χ4v) is 3.99. The van der Waals surface area contributed by atoms with E-state index in [1.54, 1.807) is 23.0 Å². The SMILES string of the molecule is Cc1c(C#N)c(NC(=O)CSc2nncn2C2CC2)n(-c2ccc(F)cc2)c1C. The molecule has 0 atom stereocenters. The van der Waals surface area contributed by atoms with E-state index >= 15 is 0 Å². The molecule has 0 spiro atoms. The molecule has 1 saturated carbocycles. The molecule has 0 aliphatic heterocycles. The molecule has 1 aliphatic carbocycles. The van der Waals surface area contributed by atoms with Crippen LogP contribution >= 0.6 is 11.8 Å². The minimum atomic E-state index is -0.349. The molecule has 0 unspecified atom stereocenters. The molecule has 0 saturated heterocycles. The van der Waals surface area contributed by atoms with Gasteiger partial charge >= 0.3 is 0 Å². The summed E-state index contributed by atoms with van der Waals surface area (Å²) in [6.07, 6.45) is 3.90. The maximum Gasteiger partial charge on any atom is 0.236 e. The van der Waals surface area contributed by atoms with Gasteiger partial charge in [-0.15, -0.1) is 10.2 Å². The van der Waals surface area contributed by atoms with Crippen molar-refractivity contribution in [2.75, 3.05) is 11.1 Å². The second-order valence-corrected chi connectivity index (χ2v) is 7.89. The Bertz CT molecular complexity index is 1110. The highest BCUT2D eigenvalue weighted by Gasteiger charge is 2.27. The van der Waals surface area contributed by atoms with Gasteiger partial charge in [-0.3, -0.25) is 9.36 Å². The summed E-state index contributed by atoms with van der Waals surface area (Å²) < 4.78 is 17.1. The minimum Gasteiger partial charge on any atom is -0.310 e. The highest BCUT2D eigenvalue weighted by atomic mass is 32.2. The average molecular weight is 410 g/mol. The smallest absolute Gasteiger partial charge is 0.236 e. The topological polar surface area (TPSA) is 88.5 Å². The van der Waals surface area contributed by atoms with E-state index < -0.39 is 0 Å². The molecule has 7 nitrogen and oxygen atoms in total. The maximum absolute atomic E-state index is 13.3. The molecule has 1 N–H and O–H groups in total. The van der Waals surface area contributed by atoms with Gasteiger partial charge in [0.1, 0.15) is 24.0 Å². The number of nitrogens with one attached hydrogen (secondary N) is 1. The Morgan fingerprint density at radius 3 is 2.72 bits per heavy atom. The summed E-state index contributed by atoms with van der Waals surface area (Å²) in [5.74, 6) is -0.0678. The van der Waals surface area contributed by atoms with Crippen molar-refractivity contribution in [3.8, 4) is 11.8 Å². The Labute approximate surface area is 171 Å². The van der Waals surface area contributed by atoms with Crippen LogP contribution in [0.2, 0.25) is 0 Å². The largest absolute Gasteiger partial charge is 0.310 e. The van der Waals surface area contributed by atoms with E-state index in [-0.39, 0.29) is 17.5 Å². The molecular formula is C20H19FN6OS. The van der Waals surface area contributed by atoms with Crippen molar-refractivity contribution < 1.29 is 9.18 Å². The summed E-state index contributed by atoms with van der Waals surface area (Å²) in [6.45, 7) is 3.69. The molecule has 1 fully saturated rings. The zero-order chi connectivity index (χ0) is 20.5. The van der Waals surface area contributed by atoms with E-state index in [0.717, 1.165) is 24.1 Å². The number of anilines is 1. The van der Waals surface area contributed by atoms with Crippen molar-refractivity contribution in [1.29, 1.82) is 5.26 Å². The predicted octanol–water partition coefficient (Wildman–Crippen LogP) is 3.76. The third-order valence-electron chi connectivity index (χ3n) is 4.98. The van der Waals surface area contributed by atoms with Gasteiger partial charge in [0, 0.05) is 17.4 Å². The van der Waals surface area contributed by atoms with Gasteiger partial charge < -0.3 is 9.88 Å². The van der Waals surface area contributed by atoms with E-state index in [4.69, 9.17) is 0 Å². The fourth-order valence-electron chi connectivity index (χ4n) is 3.21. The lowest BCUT2D eigenvalue weighted by Gasteiger charge is -2.13. The Morgan fingerprint density at radius 1 is 1.34 bits per heavy atom. The van der Waals surface area contributed by atoms with Crippen LogP contribution in [-0.2, 0) is 4.79 Å². The third-order valence-corrected chi connectivity index (χ3v) is 5.94. The number of carbonyl (C=O) groups is 1. The molecule has 2 heterocycles. The Kier molecular flexibility index (Phi) is 5.11. The molecule has 148 valence electrons. The zero-order valence-electron chi connectivity index (χ0n) is 16.0. The van der Waals surface area contributed by atoms with E-state index in [2.05, 4.69) is 21.6 Å². The molecule has 3 aromatic rings. The molecule has 1 aliphatic rings. The molecule has 1 amide bonds. The molecular weight excluding hydrogens is 391 g/mol. The van der Waals surface area contributed by atoms with Crippen LogP contribution in [0.5, 0.6) is 0 Å². The van der Waals surface area contributed by atoms with Crippen LogP contribution in [0.3, 0.4) is 0 Å². The first kappa shape index (κ1) is 19.2. The molecule has 9 heteroatoms. The van der Waals surface area contributed by atoms with Crippen LogP contribution in [0.1, 0.15) is 35.7 Å². The average Bonchev–Trinajstić information content (AvgIpc) is 3.40. The Morgan fingerprint density at radius 2 is 2.07 bits per heavy atom. The van der Waals surface area contributed by atoms with Crippen molar-refractivity contribution in [1.82, 2.24) is 19.3 Å². The van der Waals surface area contributed by atoms with Gasteiger partial charge in [0.2, 0.25) is 5.91 Å². The van der Waals surface area contributed by atoms with Crippen molar-refractivity contribution >= 4 is 23.5 Å². The summed E-state index contributed by atoms with van der Waals surface area (Å²) >= 11 is 1.31. The van der Waals surface area contributed by atoms with Crippen molar-refractivity contribution in [3.05, 3.63) is 53.2 Å². The van der Waals surface area contributed by atoms with E-state index in [1.807, 2.05) is 18.4 Å². The third kappa shape index (κ3) is 3.76. The van der Waals surface area contributed by atoms with Crippen LogP contribution in [0, 0.1) is 31.0 Å².